The van der Waals surface area contributed by atoms with E-state index >= 15 is 0 Å². The van der Waals surface area contributed by atoms with E-state index in [1.54, 1.807) is 12.1 Å². The number of allylic oxidation sites excluding steroid dienone is 2. The molecule has 4 atom stereocenters. The second-order valence-corrected chi connectivity index (χ2v) is 7.31. The molecule has 3 amide bonds. The lowest BCUT2D eigenvalue weighted by molar-refractivity contribution is -0.163. The van der Waals surface area contributed by atoms with E-state index in [2.05, 4.69) is 5.32 Å². The smallest absolute Gasteiger partial charge is 0.329 e. The van der Waals surface area contributed by atoms with Gasteiger partial charge in [-0.3, -0.25) is 19.3 Å². The minimum Gasteiger partial charge on any atom is -0.451 e. The molecular formula is C21H24N2O5. The molecule has 1 aromatic carbocycles. The molecule has 0 bridgehead atoms. The molecule has 3 rings (SSSR count). The Kier molecular flexibility index (Phi) is 5.63. The number of aryl methyl sites for hydroxylation is 1. The monoisotopic (exact) mass is 384 g/mol. The van der Waals surface area contributed by atoms with Crippen molar-refractivity contribution in [1.29, 1.82) is 0 Å². The van der Waals surface area contributed by atoms with Crippen LogP contribution < -0.4 is 5.32 Å². The third-order valence-electron chi connectivity index (χ3n) is 5.25. The fourth-order valence-electron chi connectivity index (χ4n) is 3.52. The molecule has 1 aromatic rings. The zero-order valence-corrected chi connectivity index (χ0v) is 16.2. The summed E-state index contributed by atoms with van der Waals surface area (Å²) in [5, 5.41) is 2.67. The second-order valence-electron chi connectivity index (χ2n) is 7.31. The van der Waals surface area contributed by atoms with Crippen molar-refractivity contribution in [1.82, 2.24) is 4.90 Å². The molecule has 1 aliphatic heterocycles. The summed E-state index contributed by atoms with van der Waals surface area (Å²) in [5.41, 5.74) is 1.65. The van der Waals surface area contributed by atoms with Crippen LogP contribution in [0.4, 0.5) is 5.69 Å². The summed E-state index contributed by atoms with van der Waals surface area (Å²) in [4.78, 5) is 50.9. The zero-order valence-electron chi connectivity index (χ0n) is 16.2. The van der Waals surface area contributed by atoms with Crippen LogP contribution in [0.5, 0.6) is 0 Å². The average Bonchev–Trinajstić information content (AvgIpc) is 2.93. The van der Waals surface area contributed by atoms with Crippen LogP contribution >= 0.6 is 0 Å². The van der Waals surface area contributed by atoms with Crippen LogP contribution in [0.1, 0.15) is 32.3 Å². The van der Waals surface area contributed by atoms with E-state index in [4.69, 9.17) is 4.74 Å². The van der Waals surface area contributed by atoms with Crippen LogP contribution in [0.3, 0.4) is 0 Å². The molecule has 1 N–H and O–H groups in total. The molecule has 0 aromatic heterocycles. The third kappa shape index (κ3) is 3.83. The van der Waals surface area contributed by atoms with Gasteiger partial charge in [0.15, 0.2) is 6.10 Å². The quantitative estimate of drug-likeness (QED) is 0.477. The van der Waals surface area contributed by atoms with E-state index in [1.165, 1.54) is 13.8 Å². The molecule has 2 aliphatic rings. The summed E-state index contributed by atoms with van der Waals surface area (Å²) in [6.45, 7) is 4.84. The average molecular weight is 384 g/mol. The van der Waals surface area contributed by atoms with Gasteiger partial charge in [0.2, 0.25) is 11.8 Å². The lowest BCUT2D eigenvalue weighted by Crippen LogP contribution is -2.46. The highest BCUT2D eigenvalue weighted by atomic mass is 16.5. The second kappa shape index (κ2) is 7.96. The molecule has 1 saturated heterocycles. The molecule has 0 saturated carbocycles. The highest BCUT2D eigenvalue weighted by Crippen LogP contribution is 2.36. The Bertz CT molecular complexity index is 804. The van der Waals surface area contributed by atoms with Gasteiger partial charge in [-0.1, -0.05) is 29.8 Å². The number of ether oxygens (including phenoxy) is 1. The Morgan fingerprint density at radius 3 is 2.11 bits per heavy atom. The predicted molar refractivity (Wildman–Crippen MR) is 102 cm³/mol. The van der Waals surface area contributed by atoms with Crippen molar-refractivity contribution in [2.45, 2.75) is 45.8 Å². The van der Waals surface area contributed by atoms with Gasteiger partial charge < -0.3 is 10.1 Å². The molecule has 28 heavy (non-hydrogen) atoms. The SMILES string of the molecule is Cc1ccc(NC(=O)[C@@H](C)OC(=O)[C@H](C)N2C(=O)[C@H]3CC=CC[C@H]3C2=O)cc1. The molecule has 1 aliphatic carbocycles. The van der Waals surface area contributed by atoms with Crippen molar-refractivity contribution in [2.24, 2.45) is 11.8 Å². The maximum Gasteiger partial charge on any atom is 0.329 e. The molecule has 1 heterocycles. The number of amides is 3. The maximum atomic E-state index is 12.6. The highest BCUT2D eigenvalue weighted by Gasteiger charge is 2.50. The van der Waals surface area contributed by atoms with Gasteiger partial charge in [-0.2, -0.15) is 0 Å². The Morgan fingerprint density at radius 1 is 1.04 bits per heavy atom. The van der Waals surface area contributed by atoms with Crippen molar-refractivity contribution in [3.63, 3.8) is 0 Å². The first-order valence-electron chi connectivity index (χ1n) is 9.39. The fraction of sp³-hybridized carbons (Fsp3) is 0.429. The highest BCUT2D eigenvalue weighted by molar-refractivity contribution is 6.08. The molecule has 148 valence electrons. The van der Waals surface area contributed by atoms with Crippen LogP contribution in [0.15, 0.2) is 36.4 Å². The van der Waals surface area contributed by atoms with Crippen LogP contribution in [0.25, 0.3) is 0 Å². The molecular weight excluding hydrogens is 360 g/mol. The van der Waals surface area contributed by atoms with E-state index in [0.717, 1.165) is 10.5 Å². The molecule has 1 fully saturated rings. The van der Waals surface area contributed by atoms with Gasteiger partial charge in [0, 0.05) is 5.69 Å². The molecule has 7 heteroatoms. The minimum absolute atomic E-state index is 0.347. The van der Waals surface area contributed by atoms with Crippen LogP contribution in [-0.4, -0.2) is 40.7 Å². The van der Waals surface area contributed by atoms with E-state index in [9.17, 15) is 19.2 Å². The standard InChI is InChI=1S/C21H24N2O5/c1-12-8-10-15(11-9-12)22-18(24)14(3)28-21(27)13(2)23-19(25)16-6-4-5-7-17(16)20(23)26/h4-5,8-11,13-14,16-17H,6-7H2,1-3H3,(H,22,24)/t13-,14+,16-,17+/m0/s1. The van der Waals surface area contributed by atoms with Crippen molar-refractivity contribution in [3.05, 3.63) is 42.0 Å². The number of likely N-dealkylation sites (tertiary alicyclic amines) is 1. The summed E-state index contributed by atoms with van der Waals surface area (Å²) in [6, 6.07) is 6.14. The number of imide groups is 1. The topological polar surface area (TPSA) is 92.8 Å². The lowest BCUT2D eigenvalue weighted by atomic mass is 9.85. The van der Waals surface area contributed by atoms with E-state index in [1.807, 2.05) is 31.2 Å². The number of rotatable bonds is 5. The Hall–Kier alpha value is -2.96. The summed E-state index contributed by atoms with van der Waals surface area (Å²) in [6.07, 6.45) is 3.71. The molecule has 0 spiro atoms. The van der Waals surface area contributed by atoms with Crippen molar-refractivity contribution in [2.75, 3.05) is 5.32 Å². The van der Waals surface area contributed by atoms with Gasteiger partial charge in [-0.15, -0.1) is 0 Å². The van der Waals surface area contributed by atoms with Gasteiger partial charge in [-0.05, 0) is 45.7 Å². The van der Waals surface area contributed by atoms with Crippen molar-refractivity contribution >= 4 is 29.4 Å². The normalized spacial score (nSPS) is 23.2. The first kappa shape index (κ1) is 19.8. The van der Waals surface area contributed by atoms with Gasteiger partial charge in [0.25, 0.3) is 5.91 Å². The molecule has 0 radical (unpaired) electrons. The van der Waals surface area contributed by atoms with Gasteiger partial charge in [0.05, 0.1) is 11.8 Å². The van der Waals surface area contributed by atoms with Crippen molar-refractivity contribution < 1.29 is 23.9 Å². The summed E-state index contributed by atoms with van der Waals surface area (Å²) in [7, 11) is 0. The number of carbonyl (C=O) groups is 4. The number of esters is 1. The Balaban J connectivity index is 1.60. The Morgan fingerprint density at radius 2 is 1.57 bits per heavy atom. The fourth-order valence-corrected chi connectivity index (χ4v) is 3.52. The maximum absolute atomic E-state index is 12.6. The molecule has 0 unspecified atom stereocenters. The van der Waals surface area contributed by atoms with Crippen LogP contribution in [-0.2, 0) is 23.9 Å². The van der Waals surface area contributed by atoms with E-state index in [0.29, 0.717) is 18.5 Å². The molecule has 7 nitrogen and oxygen atoms in total. The summed E-state index contributed by atoms with van der Waals surface area (Å²) >= 11 is 0. The number of nitrogens with zero attached hydrogens (tertiary/aromatic N) is 1. The summed E-state index contributed by atoms with van der Waals surface area (Å²) in [5.74, 6) is -2.77. The third-order valence-corrected chi connectivity index (χ3v) is 5.25. The zero-order chi connectivity index (χ0) is 20.4. The van der Waals surface area contributed by atoms with Gasteiger partial charge in [-0.25, -0.2) is 4.79 Å². The minimum atomic E-state index is -1.07. The first-order chi connectivity index (χ1) is 13.3. The number of hydrogen-bond acceptors (Lipinski definition) is 5. The number of nitrogens with one attached hydrogen (secondary N) is 1. The van der Waals surface area contributed by atoms with E-state index < -0.39 is 35.9 Å². The summed E-state index contributed by atoms with van der Waals surface area (Å²) < 4.78 is 5.22. The van der Waals surface area contributed by atoms with Crippen LogP contribution in [0, 0.1) is 18.8 Å². The number of carbonyl (C=O) groups excluding carboxylic acids is 4. The number of hydrogen-bond donors (Lipinski definition) is 1. The first-order valence-corrected chi connectivity index (χ1v) is 9.39. The number of benzene rings is 1. The van der Waals surface area contributed by atoms with Gasteiger partial charge in [0.1, 0.15) is 6.04 Å². The predicted octanol–water partition coefficient (Wildman–Crippen LogP) is 2.20. The number of anilines is 1. The lowest BCUT2D eigenvalue weighted by Gasteiger charge is -2.23. The van der Waals surface area contributed by atoms with E-state index in [-0.39, 0.29) is 11.8 Å². The van der Waals surface area contributed by atoms with Crippen molar-refractivity contribution in [3.8, 4) is 0 Å². The number of fused-ring (bicyclic) bond motifs is 1. The Labute approximate surface area is 163 Å². The van der Waals surface area contributed by atoms with Gasteiger partial charge >= 0.3 is 5.97 Å². The van der Waals surface area contributed by atoms with Crippen LogP contribution in [0.2, 0.25) is 0 Å². The largest absolute Gasteiger partial charge is 0.451 e.